The first-order valence-corrected chi connectivity index (χ1v) is 10.5. The molecule has 3 rings (SSSR count). The van der Waals surface area contributed by atoms with Crippen LogP contribution < -0.4 is 25.7 Å². The molecule has 0 saturated heterocycles. The Morgan fingerprint density at radius 2 is 1.66 bits per heavy atom. The average Bonchev–Trinajstić information content (AvgIpc) is 2.85. The molecular weight excluding hydrogens is 460 g/mol. The molecule has 2 amide bonds. The molecule has 0 radical (unpaired) electrons. The van der Waals surface area contributed by atoms with E-state index in [2.05, 4.69) is 10.6 Å². The predicted molar refractivity (Wildman–Crippen MR) is 125 cm³/mol. The van der Waals surface area contributed by atoms with Gasteiger partial charge in [0.05, 0.1) is 20.8 Å². The number of amides is 2. The van der Waals surface area contributed by atoms with Crippen LogP contribution in [0, 0.1) is 0 Å². The second kappa shape index (κ2) is 11.5. The maximum atomic E-state index is 12.4. The van der Waals surface area contributed by atoms with E-state index in [9.17, 15) is 19.2 Å². The topological polar surface area (TPSA) is 142 Å². The largest absolute Gasteiger partial charge is 0.497 e. The van der Waals surface area contributed by atoms with Crippen LogP contribution in [0.15, 0.2) is 51.7 Å². The number of methoxy groups -OCH3 is 2. The lowest BCUT2D eigenvalue weighted by Crippen LogP contribution is -2.30. The summed E-state index contributed by atoms with van der Waals surface area (Å²) in [5.41, 5.74) is 0.546. The Morgan fingerprint density at radius 3 is 2.31 bits per heavy atom. The molecule has 0 aliphatic carbocycles. The van der Waals surface area contributed by atoms with Crippen molar-refractivity contribution >= 4 is 34.6 Å². The molecule has 0 fully saturated rings. The second-order valence-corrected chi connectivity index (χ2v) is 7.09. The molecule has 1 aromatic heterocycles. The fourth-order valence-electron chi connectivity index (χ4n) is 3.11. The number of fused-ring (bicyclic) bond motifs is 1. The Bertz CT molecular complexity index is 1280. The van der Waals surface area contributed by atoms with Crippen LogP contribution in [-0.2, 0) is 20.9 Å². The highest BCUT2D eigenvalue weighted by atomic mass is 16.5. The first-order valence-electron chi connectivity index (χ1n) is 10.5. The average molecular weight is 484 g/mol. The molecule has 0 spiro atoms. The lowest BCUT2D eigenvalue weighted by molar-refractivity contribution is -0.143. The van der Waals surface area contributed by atoms with Crippen LogP contribution in [0.1, 0.15) is 22.8 Å². The van der Waals surface area contributed by atoms with Gasteiger partial charge in [-0.3, -0.25) is 14.9 Å². The van der Waals surface area contributed by atoms with Crippen molar-refractivity contribution in [3.8, 4) is 11.5 Å². The third-order valence-electron chi connectivity index (χ3n) is 4.75. The van der Waals surface area contributed by atoms with Crippen LogP contribution in [0.3, 0.4) is 0 Å². The number of carbonyl (C=O) groups is 3. The minimum absolute atomic E-state index is 0.193. The molecule has 2 aromatic carbocycles. The van der Waals surface area contributed by atoms with E-state index in [1.807, 2.05) is 0 Å². The molecule has 0 aliphatic heterocycles. The van der Waals surface area contributed by atoms with Gasteiger partial charge < -0.3 is 28.7 Å². The summed E-state index contributed by atoms with van der Waals surface area (Å²) in [7, 11) is 2.92. The van der Waals surface area contributed by atoms with Crippen molar-refractivity contribution in [2.24, 2.45) is 0 Å². The highest BCUT2D eigenvalue weighted by molar-refractivity contribution is 5.96. The maximum absolute atomic E-state index is 12.4. The number of carbonyl (C=O) groups excluding carboxylic acids is 3. The van der Waals surface area contributed by atoms with Crippen molar-refractivity contribution in [2.75, 3.05) is 32.7 Å². The number of hydrogen-bond acceptors (Lipinski definition) is 9. The van der Waals surface area contributed by atoms with Gasteiger partial charge in [-0.25, -0.2) is 9.59 Å². The zero-order valence-electron chi connectivity index (χ0n) is 19.3. The summed E-state index contributed by atoms with van der Waals surface area (Å²) < 4.78 is 25.5. The minimum Gasteiger partial charge on any atom is -0.497 e. The van der Waals surface area contributed by atoms with Crippen molar-refractivity contribution in [3.05, 3.63) is 64.0 Å². The summed E-state index contributed by atoms with van der Waals surface area (Å²) in [5, 5.41) is 5.49. The van der Waals surface area contributed by atoms with Gasteiger partial charge in [-0.2, -0.15) is 0 Å². The van der Waals surface area contributed by atoms with E-state index in [0.717, 1.165) is 0 Å². The van der Waals surface area contributed by atoms with Crippen LogP contribution in [0.5, 0.6) is 11.5 Å². The molecular formula is C24H24N2O9. The number of rotatable bonds is 9. The lowest BCUT2D eigenvalue weighted by atomic mass is 10.1. The van der Waals surface area contributed by atoms with Crippen molar-refractivity contribution in [2.45, 2.75) is 13.5 Å². The third-order valence-corrected chi connectivity index (χ3v) is 4.75. The van der Waals surface area contributed by atoms with Crippen LogP contribution >= 0.6 is 0 Å². The molecule has 0 bridgehead atoms. The van der Waals surface area contributed by atoms with Crippen molar-refractivity contribution in [1.82, 2.24) is 5.32 Å². The van der Waals surface area contributed by atoms with E-state index in [1.165, 1.54) is 38.5 Å². The zero-order chi connectivity index (χ0) is 25.4. The Balaban J connectivity index is 1.63. The quantitative estimate of drug-likeness (QED) is 0.346. The van der Waals surface area contributed by atoms with Gasteiger partial charge in [-0.15, -0.1) is 0 Å². The van der Waals surface area contributed by atoms with Crippen molar-refractivity contribution in [1.29, 1.82) is 0 Å². The van der Waals surface area contributed by atoms with Gasteiger partial charge in [-0.1, -0.05) is 0 Å². The molecule has 11 nitrogen and oxygen atoms in total. The van der Waals surface area contributed by atoms with Gasteiger partial charge >= 0.3 is 17.7 Å². The Morgan fingerprint density at radius 1 is 0.943 bits per heavy atom. The van der Waals surface area contributed by atoms with E-state index in [-0.39, 0.29) is 24.4 Å². The van der Waals surface area contributed by atoms with Crippen LogP contribution in [-0.4, -0.2) is 45.3 Å². The second-order valence-electron chi connectivity index (χ2n) is 7.09. The minimum atomic E-state index is -0.713. The highest BCUT2D eigenvalue weighted by Gasteiger charge is 2.14. The van der Waals surface area contributed by atoms with E-state index in [0.29, 0.717) is 28.1 Å². The van der Waals surface area contributed by atoms with Crippen molar-refractivity contribution in [3.63, 3.8) is 0 Å². The third kappa shape index (κ3) is 6.73. The number of esters is 1. The molecule has 0 saturated carbocycles. The summed E-state index contributed by atoms with van der Waals surface area (Å²) in [6.07, 6.45) is -0.645. The van der Waals surface area contributed by atoms with Crippen molar-refractivity contribution < 1.29 is 37.7 Å². The first-order chi connectivity index (χ1) is 16.8. The highest BCUT2D eigenvalue weighted by Crippen LogP contribution is 2.23. The molecule has 3 aromatic rings. The van der Waals surface area contributed by atoms with E-state index < -0.39 is 30.1 Å². The molecule has 2 N–H and O–H groups in total. The van der Waals surface area contributed by atoms with E-state index in [4.69, 9.17) is 23.4 Å². The summed E-state index contributed by atoms with van der Waals surface area (Å²) in [6.45, 7) is 1.26. The smallest absolute Gasteiger partial charge is 0.411 e. The van der Waals surface area contributed by atoms with Crippen LogP contribution in [0.4, 0.5) is 10.5 Å². The van der Waals surface area contributed by atoms with Gasteiger partial charge in [0.15, 0.2) is 0 Å². The van der Waals surface area contributed by atoms with Gasteiger partial charge in [0.25, 0.3) is 5.91 Å². The number of benzene rings is 2. The molecule has 0 unspecified atom stereocenters. The molecule has 11 heteroatoms. The van der Waals surface area contributed by atoms with Gasteiger partial charge in [0.1, 0.15) is 30.2 Å². The summed E-state index contributed by atoms with van der Waals surface area (Å²) in [5.74, 6) is -0.387. The number of ether oxygens (including phenoxy) is 4. The SMILES string of the molecule is CCOC(=O)Nc1ccc2c(COC(=O)CNC(=O)c3cc(OC)cc(OC)c3)cc(=O)oc2c1. The fraction of sp³-hybridized carbons (Fsp3) is 0.250. The summed E-state index contributed by atoms with van der Waals surface area (Å²) >= 11 is 0. The summed E-state index contributed by atoms with van der Waals surface area (Å²) in [6, 6.07) is 10.5. The lowest BCUT2D eigenvalue weighted by Gasteiger charge is -2.10. The monoisotopic (exact) mass is 484 g/mol. The normalized spacial score (nSPS) is 10.4. The predicted octanol–water partition coefficient (Wildman–Crippen LogP) is 2.85. The maximum Gasteiger partial charge on any atom is 0.411 e. The number of nitrogens with one attached hydrogen (secondary N) is 2. The molecule has 184 valence electrons. The van der Waals surface area contributed by atoms with Crippen LogP contribution in [0.25, 0.3) is 11.0 Å². The van der Waals surface area contributed by atoms with E-state index >= 15 is 0 Å². The molecule has 35 heavy (non-hydrogen) atoms. The summed E-state index contributed by atoms with van der Waals surface area (Å²) in [4.78, 5) is 48.2. The number of hydrogen-bond donors (Lipinski definition) is 2. The Hall–Kier alpha value is -4.54. The van der Waals surface area contributed by atoms with Crippen LogP contribution in [0.2, 0.25) is 0 Å². The van der Waals surface area contributed by atoms with Gasteiger partial charge in [0.2, 0.25) is 0 Å². The van der Waals surface area contributed by atoms with Gasteiger partial charge in [-0.05, 0) is 31.2 Å². The van der Waals surface area contributed by atoms with Gasteiger partial charge in [0, 0.05) is 40.4 Å². The first kappa shape index (κ1) is 25.1. The molecule has 0 atom stereocenters. The zero-order valence-corrected chi connectivity index (χ0v) is 19.3. The fourth-order valence-corrected chi connectivity index (χ4v) is 3.11. The standard InChI is InChI=1S/C24H24N2O9/c1-4-33-24(30)26-16-5-6-19-15(9-21(27)35-20(19)10-16)13-34-22(28)12-25-23(29)14-7-17(31-2)11-18(8-14)32-3/h5-11H,4,12-13H2,1-3H3,(H,25,29)(H,26,30). The molecule has 0 aliphatic rings. The Labute approximate surface area is 199 Å². The molecule has 1 heterocycles. The number of anilines is 1. The van der Waals surface area contributed by atoms with E-state index in [1.54, 1.807) is 25.1 Å². The Kier molecular flexibility index (Phi) is 8.28.